The topological polar surface area (TPSA) is 35.5 Å². The Morgan fingerprint density at radius 2 is 2.06 bits per heavy atom. The molecule has 0 saturated carbocycles. The molecule has 0 aliphatic carbocycles. The summed E-state index contributed by atoms with van der Waals surface area (Å²) in [6.07, 6.45) is 0. The summed E-state index contributed by atoms with van der Waals surface area (Å²) in [5, 5.41) is 13.8. The molecule has 1 aromatic rings. The first-order valence-corrected chi connectivity index (χ1v) is 5.99. The van der Waals surface area contributed by atoms with Crippen molar-refractivity contribution in [3.63, 3.8) is 0 Å². The van der Waals surface area contributed by atoms with Gasteiger partial charge in [-0.25, -0.2) is 0 Å². The summed E-state index contributed by atoms with van der Waals surface area (Å²) in [5.41, 5.74) is 0.911. The third kappa shape index (κ3) is 2.48. The normalized spacial score (nSPS) is 19.6. The number of phenols is 1. The molecule has 0 unspecified atom stereocenters. The van der Waals surface area contributed by atoms with E-state index in [1.807, 2.05) is 6.07 Å². The van der Waals surface area contributed by atoms with Crippen LogP contribution in [-0.2, 0) is 0 Å². The first-order chi connectivity index (χ1) is 7.68. The van der Waals surface area contributed by atoms with Gasteiger partial charge in [0, 0.05) is 42.8 Å². The summed E-state index contributed by atoms with van der Waals surface area (Å²) in [5.74, 6) is 0.329. The fourth-order valence-corrected chi connectivity index (χ4v) is 2.31. The third-order valence-corrected chi connectivity index (χ3v) is 3.37. The second-order valence-corrected chi connectivity index (χ2v) is 4.60. The molecule has 88 valence electrons. The molecule has 1 fully saturated rings. The van der Waals surface area contributed by atoms with E-state index in [0.29, 0.717) is 10.8 Å². The highest BCUT2D eigenvalue weighted by molar-refractivity contribution is 6.30. The summed E-state index contributed by atoms with van der Waals surface area (Å²) in [4.78, 5) is 2.35. The number of phenolic OH excluding ortho intramolecular Hbond substituents is 1. The molecule has 1 aromatic carbocycles. The van der Waals surface area contributed by atoms with Crippen molar-refractivity contribution < 1.29 is 5.11 Å². The number of nitrogens with one attached hydrogen (secondary N) is 1. The maximum Gasteiger partial charge on any atom is 0.120 e. The second kappa shape index (κ2) is 5.04. The molecule has 4 heteroatoms. The molecule has 16 heavy (non-hydrogen) atoms. The Balaban J connectivity index is 2.18. The van der Waals surface area contributed by atoms with E-state index in [0.717, 1.165) is 31.7 Å². The number of piperazine rings is 1. The van der Waals surface area contributed by atoms with E-state index < -0.39 is 0 Å². The first-order valence-electron chi connectivity index (χ1n) is 5.61. The van der Waals surface area contributed by atoms with Crippen LogP contribution in [0.5, 0.6) is 5.75 Å². The molecule has 3 nitrogen and oxygen atoms in total. The van der Waals surface area contributed by atoms with Crippen LogP contribution >= 0.6 is 11.6 Å². The van der Waals surface area contributed by atoms with Crippen molar-refractivity contribution in [3.05, 3.63) is 28.8 Å². The molecule has 1 heterocycles. The Morgan fingerprint density at radius 3 is 2.75 bits per heavy atom. The molecular formula is C12H17ClN2O. The van der Waals surface area contributed by atoms with Gasteiger partial charge in [0.1, 0.15) is 5.75 Å². The predicted octanol–water partition coefficient (Wildman–Crippen LogP) is 2.01. The second-order valence-electron chi connectivity index (χ2n) is 4.17. The standard InChI is InChI=1S/C12H17ClN2O/c1-9(15-6-4-14-5-7-15)11-8-10(13)2-3-12(11)16/h2-3,8-9,14,16H,4-7H2,1H3/t9-/m1/s1. The molecule has 1 aliphatic heterocycles. The predicted molar refractivity (Wildman–Crippen MR) is 66.0 cm³/mol. The number of hydrogen-bond donors (Lipinski definition) is 2. The summed E-state index contributed by atoms with van der Waals surface area (Å²) < 4.78 is 0. The van der Waals surface area contributed by atoms with Gasteiger partial charge in [-0.05, 0) is 25.1 Å². The van der Waals surface area contributed by atoms with Gasteiger partial charge in [-0.1, -0.05) is 11.6 Å². The molecule has 0 spiro atoms. The number of halogens is 1. The van der Waals surface area contributed by atoms with Gasteiger partial charge >= 0.3 is 0 Å². The zero-order chi connectivity index (χ0) is 11.5. The summed E-state index contributed by atoms with van der Waals surface area (Å²) in [7, 11) is 0. The van der Waals surface area contributed by atoms with Crippen molar-refractivity contribution in [2.45, 2.75) is 13.0 Å². The van der Waals surface area contributed by atoms with Gasteiger partial charge in [-0.15, -0.1) is 0 Å². The van der Waals surface area contributed by atoms with E-state index in [1.165, 1.54) is 0 Å². The van der Waals surface area contributed by atoms with Gasteiger partial charge in [0.25, 0.3) is 0 Å². The Hall–Kier alpha value is -0.770. The van der Waals surface area contributed by atoms with Gasteiger partial charge in [0.15, 0.2) is 0 Å². The molecule has 0 amide bonds. The monoisotopic (exact) mass is 240 g/mol. The van der Waals surface area contributed by atoms with E-state index in [9.17, 15) is 5.11 Å². The lowest BCUT2D eigenvalue weighted by atomic mass is 10.1. The maximum atomic E-state index is 9.84. The van der Waals surface area contributed by atoms with Crippen LogP contribution in [0, 0.1) is 0 Å². The van der Waals surface area contributed by atoms with Crippen LogP contribution in [0.2, 0.25) is 5.02 Å². The van der Waals surface area contributed by atoms with Gasteiger partial charge in [0.2, 0.25) is 0 Å². The lowest BCUT2D eigenvalue weighted by Gasteiger charge is -2.33. The largest absolute Gasteiger partial charge is 0.508 e. The van der Waals surface area contributed by atoms with E-state index in [-0.39, 0.29) is 6.04 Å². The van der Waals surface area contributed by atoms with E-state index in [4.69, 9.17) is 11.6 Å². The van der Waals surface area contributed by atoms with Crippen LogP contribution in [0.3, 0.4) is 0 Å². The van der Waals surface area contributed by atoms with Gasteiger partial charge < -0.3 is 10.4 Å². The van der Waals surface area contributed by atoms with Crippen molar-refractivity contribution in [1.82, 2.24) is 10.2 Å². The zero-order valence-electron chi connectivity index (χ0n) is 9.41. The van der Waals surface area contributed by atoms with Crippen molar-refractivity contribution in [2.24, 2.45) is 0 Å². The summed E-state index contributed by atoms with van der Waals surface area (Å²) in [6, 6.07) is 5.44. The highest BCUT2D eigenvalue weighted by Gasteiger charge is 2.20. The molecule has 0 aromatic heterocycles. The van der Waals surface area contributed by atoms with Crippen LogP contribution in [-0.4, -0.2) is 36.2 Å². The molecule has 0 bridgehead atoms. The lowest BCUT2D eigenvalue weighted by Crippen LogP contribution is -2.44. The van der Waals surface area contributed by atoms with E-state index in [2.05, 4.69) is 17.1 Å². The van der Waals surface area contributed by atoms with Crippen LogP contribution in [0.15, 0.2) is 18.2 Å². The average molecular weight is 241 g/mol. The van der Waals surface area contributed by atoms with Crippen molar-refractivity contribution in [1.29, 1.82) is 0 Å². The number of rotatable bonds is 2. The smallest absolute Gasteiger partial charge is 0.120 e. The molecule has 2 N–H and O–H groups in total. The van der Waals surface area contributed by atoms with Crippen molar-refractivity contribution in [2.75, 3.05) is 26.2 Å². The number of benzene rings is 1. The minimum atomic E-state index is 0.209. The number of nitrogens with zero attached hydrogens (tertiary/aromatic N) is 1. The summed E-state index contributed by atoms with van der Waals surface area (Å²) in [6.45, 7) is 6.13. The van der Waals surface area contributed by atoms with Crippen LogP contribution in [0.25, 0.3) is 0 Å². The molecule has 1 saturated heterocycles. The average Bonchev–Trinajstić information content (AvgIpc) is 2.32. The molecule has 0 radical (unpaired) electrons. The van der Waals surface area contributed by atoms with Gasteiger partial charge in [0.05, 0.1) is 0 Å². The minimum Gasteiger partial charge on any atom is -0.508 e. The van der Waals surface area contributed by atoms with Crippen LogP contribution in [0.4, 0.5) is 0 Å². The van der Waals surface area contributed by atoms with E-state index in [1.54, 1.807) is 12.1 Å². The highest BCUT2D eigenvalue weighted by Crippen LogP contribution is 2.30. The Kier molecular flexibility index (Phi) is 3.69. The number of aromatic hydroxyl groups is 1. The Morgan fingerprint density at radius 1 is 1.38 bits per heavy atom. The lowest BCUT2D eigenvalue weighted by molar-refractivity contribution is 0.183. The maximum absolute atomic E-state index is 9.84. The molecular weight excluding hydrogens is 224 g/mol. The quantitative estimate of drug-likeness (QED) is 0.830. The fourth-order valence-electron chi connectivity index (χ4n) is 2.13. The van der Waals surface area contributed by atoms with Crippen LogP contribution < -0.4 is 5.32 Å². The zero-order valence-corrected chi connectivity index (χ0v) is 10.2. The highest BCUT2D eigenvalue weighted by atomic mass is 35.5. The molecule has 2 rings (SSSR count). The molecule has 1 atom stereocenters. The van der Waals surface area contributed by atoms with Gasteiger partial charge in [-0.3, -0.25) is 4.90 Å². The SMILES string of the molecule is C[C@H](c1cc(Cl)ccc1O)N1CCNCC1. The first kappa shape index (κ1) is 11.7. The third-order valence-electron chi connectivity index (χ3n) is 3.14. The van der Waals surface area contributed by atoms with Gasteiger partial charge in [-0.2, -0.15) is 0 Å². The van der Waals surface area contributed by atoms with E-state index >= 15 is 0 Å². The number of hydrogen-bond acceptors (Lipinski definition) is 3. The van der Waals surface area contributed by atoms with Crippen molar-refractivity contribution in [3.8, 4) is 5.75 Å². The Labute approximate surface area is 101 Å². The molecule has 1 aliphatic rings. The summed E-state index contributed by atoms with van der Waals surface area (Å²) >= 11 is 5.96. The minimum absolute atomic E-state index is 0.209. The van der Waals surface area contributed by atoms with Crippen molar-refractivity contribution >= 4 is 11.6 Å². The Bertz CT molecular complexity index is 364. The van der Waals surface area contributed by atoms with Crippen LogP contribution in [0.1, 0.15) is 18.5 Å². The fraction of sp³-hybridized carbons (Fsp3) is 0.500.